The van der Waals surface area contributed by atoms with Crippen molar-refractivity contribution >= 4 is 49.1 Å². The van der Waals surface area contributed by atoms with Gasteiger partial charge in [0.25, 0.3) is 10.2 Å². The van der Waals surface area contributed by atoms with Gasteiger partial charge in [0.15, 0.2) is 11.6 Å². The second-order valence-electron chi connectivity index (χ2n) is 5.70. The molecule has 2 atom stereocenters. The summed E-state index contributed by atoms with van der Waals surface area (Å²) in [4.78, 5) is 13.4. The molecule has 0 spiro atoms. The zero-order valence-electron chi connectivity index (χ0n) is 13.4. The molecule has 1 fully saturated rings. The number of hydrogen-bond acceptors (Lipinski definition) is 4. The van der Waals surface area contributed by atoms with Gasteiger partial charge in [-0.3, -0.25) is 4.79 Å². The summed E-state index contributed by atoms with van der Waals surface area (Å²) in [5, 5.41) is 4.26. The number of benzene rings is 1. The van der Waals surface area contributed by atoms with Crippen LogP contribution < -0.4 is 10.0 Å². The van der Waals surface area contributed by atoms with E-state index in [0.29, 0.717) is 0 Å². The number of rotatable bonds is 3. The van der Waals surface area contributed by atoms with Crippen molar-refractivity contribution in [3.63, 3.8) is 0 Å². The lowest BCUT2D eigenvalue weighted by Crippen LogP contribution is -2.55. The zero-order chi connectivity index (χ0) is 19.1. The summed E-state index contributed by atoms with van der Waals surface area (Å²) in [5.41, 5.74) is 0.0257. The van der Waals surface area contributed by atoms with Crippen LogP contribution in [0.15, 0.2) is 34.1 Å². The molecule has 0 bridgehead atoms. The van der Waals surface area contributed by atoms with Gasteiger partial charge in [0.05, 0.1) is 10.5 Å². The minimum Gasteiger partial charge on any atom is -0.325 e. The first kappa shape index (κ1) is 19.4. The van der Waals surface area contributed by atoms with E-state index < -0.39 is 39.8 Å². The lowest BCUT2D eigenvalue weighted by Gasteiger charge is -2.35. The number of anilines is 1. The number of hydrogen-bond donors (Lipinski definition) is 2. The third kappa shape index (κ3) is 3.81. The topological polar surface area (TPSA) is 78.5 Å². The van der Waals surface area contributed by atoms with Gasteiger partial charge in [-0.15, -0.1) is 11.3 Å². The monoisotopic (exact) mass is 465 g/mol. The molecule has 6 nitrogen and oxygen atoms in total. The van der Waals surface area contributed by atoms with E-state index in [0.717, 1.165) is 15.2 Å². The fourth-order valence-corrected chi connectivity index (χ4v) is 5.21. The standard InChI is InChI=1S/C15H14BrF2N3O3S2/c1-21-12(7-11(20-26(21,23)24)13-3-2-4-25-13)15(22)19-8-5-9(16)14(18)10(17)6-8/h2-6,11-12,20H,7H2,1H3,(H,19,22)/t11-,12+/m1/s1. The molecule has 1 aliphatic rings. The number of likely N-dealkylation sites (N-methyl/N-ethyl adjacent to an activating group) is 1. The van der Waals surface area contributed by atoms with Crippen LogP contribution in [0.2, 0.25) is 0 Å². The highest BCUT2D eigenvalue weighted by Gasteiger charge is 2.41. The second kappa shape index (κ2) is 7.31. The molecule has 140 valence electrons. The maximum Gasteiger partial charge on any atom is 0.280 e. The van der Waals surface area contributed by atoms with Crippen LogP contribution in [-0.2, 0) is 15.0 Å². The first-order chi connectivity index (χ1) is 12.2. The van der Waals surface area contributed by atoms with E-state index in [1.165, 1.54) is 24.5 Å². The predicted molar refractivity (Wildman–Crippen MR) is 98.0 cm³/mol. The minimum atomic E-state index is -3.86. The SMILES string of the molecule is CN1[C@H](C(=O)Nc2cc(F)c(F)c(Br)c2)C[C@H](c2cccs2)NS1(=O)=O. The number of thiophene rings is 1. The molecule has 0 radical (unpaired) electrons. The van der Waals surface area contributed by atoms with Crippen LogP contribution in [0.4, 0.5) is 14.5 Å². The summed E-state index contributed by atoms with van der Waals surface area (Å²) < 4.78 is 54.8. The fraction of sp³-hybridized carbons (Fsp3) is 0.267. The molecule has 1 aromatic heterocycles. The largest absolute Gasteiger partial charge is 0.325 e. The third-order valence-corrected chi connectivity index (χ3v) is 7.17. The first-order valence-corrected chi connectivity index (χ1v) is 10.5. The second-order valence-corrected chi connectivity index (χ2v) is 9.30. The van der Waals surface area contributed by atoms with E-state index in [2.05, 4.69) is 26.0 Å². The Morgan fingerprint density at radius 2 is 2.15 bits per heavy atom. The molecule has 0 unspecified atom stereocenters. The van der Waals surface area contributed by atoms with Gasteiger partial charge < -0.3 is 5.32 Å². The Labute approximate surface area is 161 Å². The van der Waals surface area contributed by atoms with Crippen LogP contribution in [0.1, 0.15) is 17.3 Å². The van der Waals surface area contributed by atoms with Gasteiger partial charge in [0.1, 0.15) is 6.04 Å². The van der Waals surface area contributed by atoms with Crippen molar-refractivity contribution < 1.29 is 22.0 Å². The Morgan fingerprint density at radius 1 is 1.42 bits per heavy atom. The molecule has 2 aromatic rings. The van der Waals surface area contributed by atoms with Crippen LogP contribution >= 0.6 is 27.3 Å². The molecule has 1 aliphatic heterocycles. The Kier molecular flexibility index (Phi) is 5.45. The van der Waals surface area contributed by atoms with Crippen LogP contribution in [0.25, 0.3) is 0 Å². The molecule has 26 heavy (non-hydrogen) atoms. The first-order valence-electron chi connectivity index (χ1n) is 7.43. The molecule has 0 saturated carbocycles. The number of halogens is 3. The minimum absolute atomic E-state index is 0.0257. The van der Waals surface area contributed by atoms with Gasteiger partial charge in [0.2, 0.25) is 5.91 Å². The molecule has 1 aromatic carbocycles. The average molecular weight is 466 g/mol. The lowest BCUT2D eigenvalue weighted by molar-refractivity contribution is -0.120. The van der Waals surface area contributed by atoms with Crippen LogP contribution in [0.5, 0.6) is 0 Å². The molecule has 1 saturated heterocycles. The summed E-state index contributed by atoms with van der Waals surface area (Å²) in [6.07, 6.45) is 0.201. The van der Waals surface area contributed by atoms with Gasteiger partial charge in [-0.1, -0.05) is 6.07 Å². The van der Waals surface area contributed by atoms with Crippen molar-refractivity contribution in [2.75, 3.05) is 12.4 Å². The van der Waals surface area contributed by atoms with Gasteiger partial charge in [0, 0.05) is 23.7 Å². The number of nitrogens with zero attached hydrogens (tertiary/aromatic N) is 1. The molecule has 2 heterocycles. The van der Waals surface area contributed by atoms with E-state index in [1.807, 2.05) is 5.38 Å². The smallest absolute Gasteiger partial charge is 0.280 e. The predicted octanol–water partition coefficient (Wildman–Crippen LogP) is 3.01. The quantitative estimate of drug-likeness (QED) is 0.683. The highest BCUT2D eigenvalue weighted by atomic mass is 79.9. The van der Waals surface area contributed by atoms with Gasteiger partial charge in [-0.2, -0.15) is 17.4 Å². The van der Waals surface area contributed by atoms with E-state index in [4.69, 9.17) is 0 Å². The summed E-state index contributed by atoms with van der Waals surface area (Å²) in [6.45, 7) is 0. The molecular formula is C15H14BrF2N3O3S2. The highest BCUT2D eigenvalue weighted by molar-refractivity contribution is 9.10. The summed E-state index contributed by atoms with van der Waals surface area (Å²) >= 11 is 4.25. The van der Waals surface area contributed by atoms with E-state index >= 15 is 0 Å². The number of amides is 1. The summed E-state index contributed by atoms with van der Waals surface area (Å²) in [6, 6.07) is 4.09. The Hall–Kier alpha value is -1.40. The van der Waals surface area contributed by atoms with Crippen LogP contribution in [0, 0.1) is 11.6 Å². The van der Waals surface area contributed by atoms with Crippen LogP contribution in [-0.4, -0.2) is 31.7 Å². The number of nitrogens with one attached hydrogen (secondary N) is 2. The highest BCUT2D eigenvalue weighted by Crippen LogP contribution is 2.31. The van der Waals surface area contributed by atoms with Crippen LogP contribution in [0.3, 0.4) is 0 Å². The maximum atomic E-state index is 13.5. The van der Waals surface area contributed by atoms with E-state index in [-0.39, 0.29) is 16.6 Å². The fourth-order valence-electron chi connectivity index (χ4n) is 2.64. The molecule has 1 amide bonds. The molecule has 2 N–H and O–H groups in total. The third-order valence-electron chi connectivity index (χ3n) is 4.01. The van der Waals surface area contributed by atoms with Crippen molar-refractivity contribution in [1.82, 2.24) is 9.03 Å². The molecule has 3 rings (SSSR count). The Morgan fingerprint density at radius 3 is 2.77 bits per heavy atom. The van der Waals surface area contributed by atoms with Crippen molar-refractivity contribution in [2.24, 2.45) is 0 Å². The van der Waals surface area contributed by atoms with E-state index in [1.54, 1.807) is 12.1 Å². The van der Waals surface area contributed by atoms with Gasteiger partial charge in [-0.05, 0) is 39.9 Å². The Balaban J connectivity index is 1.85. The lowest BCUT2D eigenvalue weighted by atomic mass is 10.1. The molecular weight excluding hydrogens is 452 g/mol. The molecule has 11 heteroatoms. The van der Waals surface area contributed by atoms with Crippen molar-refractivity contribution in [1.29, 1.82) is 0 Å². The summed E-state index contributed by atoms with van der Waals surface area (Å²) in [7, 11) is -2.57. The maximum absolute atomic E-state index is 13.5. The summed E-state index contributed by atoms with van der Waals surface area (Å²) in [5.74, 6) is -2.82. The zero-order valence-corrected chi connectivity index (χ0v) is 16.6. The van der Waals surface area contributed by atoms with Crippen molar-refractivity contribution in [2.45, 2.75) is 18.5 Å². The number of carbonyl (C=O) groups excluding carboxylic acids is 1. The van der Waals surface area contributed by atoms with E-state index in [9.17, 15) is 22.0 Å². The van der Waals surface area contributed by atoms with Gasteiger partial charge >= 0.3 is 0 Å². The molecule has 0 aliphatic carbocycles. The van der Waals surface area contributed by atoms with Gasteiger partial charge in [-0.25, -0.2) is 8.78 Å². The van der Waals surface area contributed by atoms with Crippen molar-refractivity contribution in [3.05, 3.63) is 50.6 Å². The van der Waals surface area contributed by atoms with Crippen molar-refractivity contribution in [3.8, 4) is 0 Å². The normalized spacial score (nSPS) is 22.9. The average Bonchev–Trinajstić information content (AvgIpc) is 3.09. The Bertz CT molecular complexity index is 915. The number of carbonyl (C=O) groups is 1.